The number of fused-ring (bicyclic) bond motifs is 1. The van der Waals surface area contributed by atoms with Crippen molar-refractivity contribution in [1.82, 2.24) is 9.97 Å². The maximum absolute atomic E-state index is 11.3. The Morgan fingerprint density at radius 1 is 1.23 bits per heavy atom. The zero-order valence-electron chi connectivity index (χ0n) is 14.4. The fourth-order valence-electron chi connectivity index (χ4n) is 3.18. The summed E-state index contributed by atoms with van der Waals surface area (Å²) in [6.07, 6.45) is 0.856. The van der Waals surface area contributed by atoms with E-state index in [1.165, 1.54) is 11.8 Å². The van der Waals surface area contributed by atoms with Gasteiger partial charge in [0.05, 0.1) is 17.8 Å². The summed E-state index contributed by atoms with van der Waals surface area (Å²) >= 11 is 0. The molecule has 6 nitrogen and oxygen atoms in total. The van der Waals surface area contributed by atoms with Gasteiger partial charge in [-0.25, -0.2) is 4.79 Å². The van der Waals surface area contributed by atoms with Crippen molar-refractivity contribution >= 4 is 11.7 Å². The van der Waals surface area contributed by atoms with Crippen LogP contribution in [0, 0.1) is 6.92 Å². The lowest BCUT2D eigenvalue weighted by molar-refractivity contribution is 0.0695. The highest BCUT2D eigenvalue weighted by atomic mass is 16.5. The van der Waals surface area contributed by atoms with Crippen LogP contribution in [0.4, 0.5) is 5.69 Å². The number of benzene rings is 2. The van der Waals surface area contributed by atoms with Crippen LogP contribution in [0.2, 0.25) is 0 Å². The molecule has 0 unspecified atom stereocenters. The Balaban J connectivity index is 1.54. The summed E-state index contributed by atoms with van der Waals surface area (Å²) in [6, 6.07) is 15.6. The molecule has 3 aromatic rings. The van der Waals surface area contributed by atoms with Crippen LogP contribution in [0.5, 0.6) is 11.8 Å². The molecular weight excluding hydrogens is 330 g/mol. The number of carboxylic acids is 1. The van der Waals surface area contributed by atoms with Crippen molar-refractivity contribution in [3.05, 3.63) is 71.0 Å². The first kappa shape index (κ1) is 16.2. The number of aromatic carboxylic acids is 1. The second-order valence-corrected chi connectivity index (χ2v) is 6.36. The van der Waals surface area contributed by atoms with Gasteiger partial charge in [-0.15, -0.1) is 0 Å². The van der Waals surface area contributed by atoms with Crippen molar-refractivity contribution in [2.75, 3.05) is 11.4 Å². The fourth-order valence-corrected chi connectivity index (χ4v) is 3.18. The van der Waals surface area contributed by atoms with E-state index in [1.807, 2.05) is 18.2 Å². The molecular formula is C20H19N3O3. The lowest BCUT2D eigenvalue weighted by Gasteiger charge is -2.27. The average Bonchev–Trinajstić information content (AvgIpc) is 3.05. The van der Waals surface area contributed by atoms with Gasteiger partial charge in [0, 0.05) is 24.3 Å². The number of ether oxygens (including phenoxy) is 1. The fraction of sp³-hybridized carbons (Fsp3) is 0.200. The van der Waals surface area contributed by atoms with Crippen LogP contribution >= 0.6 is 0 Å². The smallest absolute Gasteiger partial charge is 0.336 e. The number of aromatic nitrogens is 2. The molecule has 0 bridgehead atoms. The number of aryl methyl sites for hydroxylation is 1. The Morgan fingerprint density at radius 3 is 2.81 bits per heavy atom. The number of carboxylic acid groups (broad SMARTS) is 1. The van der Waals surface area contributed by atoms with Gasteiger partial charge in [0.25, 0.3) is 6.01 Å². The normalized spacial score (nSPS) is 13.3. The van der Waals surface area contributed by atoms with Crippen LogP contribution < -0.4 is 9.64 Å². The van der Waals surface area contributed by atoms with Gasteiger partial charge in [0.15, 0.2) is 0 Å². The molecule has 1 aliphatic heterocycles. The molecule has 0 atom stereocenters. The van der Waals surface area contributed by atoms with Crippen molar-refractivity contribution < 1.29 is 14.6 Å². The Labute approximate surface area is 151 Å². The molecule has 0 saturated heterocycles. The lowest BCUT2D eigenvalue weighted by atomic mass is 10.1. The van der Waals surface area contributed by atoms with Gasteiger partial charge in [0.1, 0.15) is 5.75 Å². The third-order valence-corrected chi connectivity index (χ3v) is 4.59. The lowest BCUT2D eigenvalue weighted by Crippen LogP contribution is -2.30. The van der Waals surface area contributed by atoms with Crippen molar-refractivity contribution in [3.63, 3.8) is 0 Å². The van der Waals surface area contributed by atoms with Gasteiger partial charge in [-0.2, -0.15) is 4.98 Å². The van der Waals surface area contributed by atoms with Crippen LogP contribution in [-0.2, 0) is 13.0 Å². The summed E-state index contributed by atoms with van der Waals surface area (Å²) in [4.78, 5) is 21.3. The maximum atomic E-state index is 11.3. The molecule has 4 rings (SSSR count). The molecule has 1 aromatic heterocycles. The number of nitrogens with zero attached hydrogens (tertiary/aromatic N) is 2. The van der Waals surface area contributed by atoms with E-state index < -0.39 is 5.97 Å². The average molecular weight is 349 g/mol. The Kier molecular flexibility index (Phi) is 4.08. The van der Waals surface area contributed by atoms with E-state index in [9.17, 15) is 9.90 Å². The Bertz CT molecular complexity index is 950. The van der Waals surface area contributed by atoms with Crippen molar-refractivity contribution in [3.8, 4) is 11.8 Å². The van der Waals surface area contributed by atoms with Crippen LogP contribution in [0.15, 0.2) is 48.5 Å². The molecule has 0 fully saturated rings. The minimum absolute atomic E-state index is 0.231. The summed E-state index contributed by atoms with van der Waals surface area (Å²) in [5.74, 6) is -0.510. The molecule has 0 radical (unpaired) electrons. The Morgan fingerprint density at radius 2 is 2.04 bits per heavy atom. The number of H-pyrrole nitrogens is 1. The molecule has 0 saturated carbocycles. The van der Waals surface area contributed by atoms with E-state index in [0.29, 0.717) is 23.9 Å². The van der Waals surface area contributed by atoms with E-state index in [2.05, 4.69) is 27.0 Å². The first-order chi connectivity index (χ1) is 12.6. The highest BCUT2D eigenvalue weighted by molar-refractivity contribution is 5.89. The van der Waals surface area contributed by atoms with Gasteiger partial charge < -0.3 is 19.7 Å². The largest absolute Gasteiger partial charge is 0.478 e. The second-order valence-electron chi connectivity index (χ2n) is 6.36. The van der Waals surface area contributed by atoms with E-state index in [4.69, 9.17) is 4.74 Å². The number of hydrogen-bond acceptors (Lipinski definition) is 4. The van der Waals surface area contributed by atoms with Gasteiger partial charge >= 0.3 is 5.97 Å². The number of aromatic amines is 1. The van der Waals surface area contributed by atoms with Crippen LogP contribution in [-0.4, -0.2) is 27.6 Å². The number of carbonyl (C=O) groups is 1. The van der Waals surface area contributed by atoms with E-state index >= 15 is 0 Å². The van der Waals surface area contributed by atoms with Gasteiger partial charge in [-0.1, -0.05) is 24.3 Å². The Hall–Kier alpha value is -3.28. The van der Waals surface area contributed by atoms with Crippen molar-refractivity contribution in [1.29, 1.82) is 0 Å². The number of rotatable bonds is 4. The van der Waals surface area contributed by atoms with Crippen LogP contribution in [0.25, 0.3) is 0 Å². The molecule has 132 valence electrons. The predicted molar refractivity (Wildman–Crippen MR) is 98.0 cm³/mol. The van der Waals surface area contributed by atoms with Crippen molar-refractivity contribution in [2.24, 2.45) is 0 Å². The predicted octanol–water partition coefficient (Wildman–Crippen LogP) is 3.77. The molecule has 2 aromatic carbocycles. The molecule has 0 spiro atoms. The highest BCUT2D eigenvalue weighted by Gasteiger charge is 2.21. The summed E-state index contributed by atoms with van der Waals surface area (Å²) in [7, 11) is 0. The van der Waals surface area contributed by atoms with E-state index in [-0.39, 0.29) is 5.56 Å². The third kappa shape index (κ3) is 3.13. The quantitative estimate of drug-likeness (QED) is 0.750. The topological polar surface area (TPSA) is 78.5 Å². The molecule has 1 aliphatic rings. The van der Waals surface area contributed by atoms with Crippen molar-refractivity contribution in [2.45, 2.75) is 19.9 Å². The molecule has 6 heteroatoms. The SMILES string of the molecule is Cc1ccc(Oc2nc3c([nH]2)CCN(c2ccccc2)C3)cc1C(=O)O. The molecule has 26 heavy (non-hydrogen) atoms. The molecule has 0 aliphatic carbocycles. The summed E-state index contributed by atoms with van der Waals surface area (Å²) in [5, 5.41) is 9.24. The zero-order valence-corrected chi connectivity index (χ0v) is 14.4. The minimum atomic E-state index is -0.967. The molecule has 0 amide bonds. The molecule has 2 heterocycles. The zero-order chi connectivity index (χ0) is 18.1. The van der Waals surface area contributed by atoms with Gasteiger partial charge in [0.2, 0.25) is 0 Å². The highest BCUT2D eigenvalue weighted by Crippen LogP contribution is 2.27. The summed E-state index contributed by atoms with van der Waals surface area (Å²) in [6.45, 7) is 3.39. The third-order valence-electron chi connectivity index (χ3n) is 4.59. The summed E-state index contributed by atoms with van der Waals surface area (Å²) in [5.41, 5.74) is 4.13. The van der Waals surface area contributed by atoms with Gasteiger partial charge in [-0.05, 0) is 36.8 Å². The van der Waals surface area contributed by atoms with E-state index in [0.717, 1.165) is 24.4 Å². The minimum Gasteiger partial charge on any atom is -0.478 e. The summed E-state index contributed by atoms with van der Waals surface area (Å²) < 4.78 is 5.77. The number of imidazole rings is 1. The number of hydrogen-bond donors (Lipinski definition) is 2. The molecule has 2 N–H and O–H groups in total. The maximum Gasteiger partial charge on any atom is 0.336 e. The first-order valence-electron chi connectivity index (χ1n) is 8.50. The van der Waals surface area contributed by atoms with Gasteiger partial charge in [-0.3, -0.25) is 0 Å². The van der Waals surface area contributed by atoms with Crippen LogP contribution in [0.3, 0.4) is 0 Å². The second kappa shape index (κ2) is 6.55. The van der Waals surface area contributed by atoms with E-state index in [1.54, 1.807) is 19.1 Å². The first-order valence-corrected chi connectivity index (χ1v) is 8.50. The van der Waals surface area contributed by atoms with Crippen LogP contribution in [0.1, 0.15) is 27.3 Å². The number of para-hydroxylation sites is 1. The number of nitrogens with one attached hydrogen (secondary N) is 1. The standard InChI is InChI=1S/C20H19N3O3/c1-13-7-8-15(11-16(13)19(24)25)26-20-21-17-9-10-23(12-18(17)22-20)14-5-3-2-4-6-14/h2-8,11H,9-10,12H2,1H3,(H,21,22)(H,24,25). The monoisotopic (exact) mass is 349 g/mol. The number of anilines is 1.